The number of carbonyl (C=O) groups is 1. The van der Waals surface area contributed by atoms with E-state index < -0.39 is 9.84 Å². The monoisotopic (exact) mass is 403 g/mol. The smallest absolute Gasteiger partial charge is 0.272 e. The molecular formula is C19H18ClN3O3S. The molecule has 1 N–H and O–H groups in total. The van der Waals surface area contributed by atoms with Gasteiger partial charge in [0.25, 0.3) is 5.91 Å². The second-order valence-electron chi connectivity index (χ2n) is 6.81. The van der Waals surface area contributed by atoms with Crippen LogP contribution in [0.1, 0.15) is 34.9 Å². The Bertz CT molecular complexity index is 1120. The van der Waals surface area contributed by atoms with Crippen LogP contribution in [0.5, 0.6) is 0 Å². The summed E-state index contributed by atoms with van der Waals surface area (Å²) in [6.07, 6.45) is 4.74. The summed E-state index contributed by atoms with van der Waals surface area (Å²) in [5, 5.41) is 3.53. The zero-order chi connectivity index (χ0) is 19.2. The van der Waals surface area contributed by atoms with E-state index in [1.165, 1.54) is 4.40 Å². The van der Waals surface area contributed by atoms with Crippen molar-refractivity contribution in [2.45, 2.75) is 24.0 Å². The Hall–Kier alpha value is -2.38. The molecule has 0 saturated heterocycles. The molecule has 27 heavy (non-hydrogen) atoms. The number of amides is 1. The molecule has 0 bridgehead atoms. The van der Waals surface area contributed by atoms with Crippen molar-refractivity contribution in [3.05, 3.63) is 64.9 Å². The molecule has 0 aliphatic heterocycles. The summed E-state index contributed by atoms with van der Waals surface area (Å²) in [5.74, 6) is -0.0289. The van der Waals surface area contributed by atoms with Crippen LogP contribution < -0.4 is 5.32 Å². The van der Waals surface area contributed by atoms with Gasteiger partial charge in [-0.25, -0.2) is 13.4 Å². The molecule has 2 aromatic heterocycles. The largest absolute Gasteiger partial charge is 0.344 e. The zero-order valence-corrected chi connectivity index (χ0v) is 16.2. The van der Waals surface area contributed by atoms with Gasteiger partial charge in [0.1, 0.15) is 0 Å². The fourth-order valence-electron chi connectivity index (χ4n) is 3.22. The fourth-order valence-corrected chi connectivity index (χ4v) is 4.12. The first-order valence-corrected chi connectivity index (χ1v) is 10.8. The average Bonchev–Trinajstić information content (AvgIpc) is 3.38. The van der Waals surface area contributed by atoms with Crippen LogP contribution in [0.2, 0.25) is 5.02 Å². The SMILES string of the molecule is CS(=O)(=O)c1nc(C(=O)N[C@H](c2ccc(Cl)cc2)C2CC2)c2ccccn12. The molecule has 0 radical (unpaired) electrons. The molecule has 1 amide bonds. The number of benzene rings is 1. The van der Waals surface area contributed by atoms with E-state index in [1.807, 2.05) is 12.1 Å². The van der Waals surface area contributed by atoms with Gasteiger partial charge in [-0.15, -0.1) is 0 Å². The third kappa shape index (κ3) is 3.57. The van der Waals surface area contributed by atoms with Gasteiger partial charge in [-0.2, -0.15) is 0 Å². The van der Waals surface area contributed by atoms with Crippen molar-refractivity contribution >= 4 is 32.9 Å². The average molecular weight is 404 g/mol. The van der Waals surface area contributed by atoms with E-state index in [0.29, 0.717) is 16.5 Å². The quantitative estimate of drug-likeness (QED) is 0.708. The molecule has 1 fully saturated rings. The van der Waals surface area contributed by atoms with Gasteiger partial charge in [0.2, 0.25) is 15.0 Å². The van der Waals surface area contributed by atoms with Gasteiger partial charge in [0.15, 0.2) is 5.69 Å². The molecular weight excluding hydrogens is 386 g/mol. The van der Waals surface area contributed by atoms with Crippen molar-refractivity contribution in [1.82, 2.24) is 14.7 Å². The van der Waals surface area contributed by atoms with Crippen LogP contribution in [0, 0.1) is 5.92 Å². The van der Waals surface area contributed by atoms with Crippen molar-refractivity contribution in [3.63, 3.8) is 0 Å². The Morgan fingerprint density at radius 3 is 2.56 bits per heavy atom. The summed E-state index contributed by atoms with van der Waals surface area (Å²) in [5.41, 5.74) is 1.54. The van der Waals surface area contributed by atoms with Crippen LogP contribution >= 0.6 is 11.6 Å². The van der Waals surface area contributed by atoms with Crippen molar-refractivity contribution in [3.8, 4) is 0 Å². The number of sulfone groups is 1. The molecule has 4 rings (SSSR count). The van der Waals surface area contributed by atoms with E-state index in [4.69, 9.17) is 11.6 Å². The van der Waals surface area contributed by atoms with Crippen LogP contribution in [0.4, 0.5) is 0 Å². The highest BCUT2D eigenvalue weighted by Gasteiger charge is 2.34. The highest BCUT2D eigenvalue weighted by Crippen LogP contribution is 2.41. The Kier molecular flexibility index (Phi) is 4.44. The predicted molar refractivity (Wildman–Crippen MR) is 103 cm³/mol. The van der Waals surface area contributed by atoms with Crippen LogP contribution in [0.15, 0.2) is 53.8 Å². The molecule has 1 aliphatic carbocycles. The standard InChI is InChI=1S/C19H18ClN3O3S/c1-27(25,26)19-22-17(15-4-2-3-11-23(15)19)18(24)21-16(12-5-6-12)13-7-9-14(20)10-8-13/h2-4,7-12,16H,5-6H2,1H3,(H,21,24)/t16-/m0/s1. The van der Waals surface area contributed by atoms with Crippen LogP contribution in [-0.4, -0.2) is 30.0 Å². The van der Waals surface area contributed by atoms with Crippen molar-refractivity contribution in [1.29, 1.82) is 0 Å². The van der Waals surface area contributed by atoms with Gasteiger partial charge in [0, 0.05) is 17.5 Å². The molecule has 2 heterocycles. The number of rotatable bonds is 5. The van der Waals surface area contributed by atoms with Gasteiger partial charge < -0.3 is 5.32 Å². The first-order valence-electron chi connectivity index (χ1n) is 8.58. The number of fused-ring (bicyclic) bond motifs is 1. The molecule has 1 aromatic carbocycles. The molecule has 6 nitrogen and oxygen atoms in total. The lowest BCUT2D eigenvalue weighted by Gasteiger charge is -2.18. The van der Waals surface area contributed by atoms with Crippen LogP contribution in [0.25, 0.3) is 5.52 Å². The number of pyridine rings is 1. The van der Waals surface area contributed by atoms with Crippen molar-refractivity contribution in [2.75, 3.05) is 6.26 Å². The third-order valence-corrected chi connectivity index (χ3v) is 5.88. The third-order valence-electron chi connectivity index (χ3n) is 4.67. The molecule has 0 spiro atoms. The lowest BCUT2D eigenvalue weighted by Crippen LogP contribution is -2.30. The minimum absolute atomic E-state index is 0.107. The molecule has 8 heteroatoms. The summed E-state index contributed by atoms with van der Waals surface area (Å²) in [4.78, 5) is 17.1. The van der Waals surface area contributed by atoms with Crippen molar-refractivity contribution in [2.24, 2.45) is 5.92 Å². The van der Waals surface area contributed by atoms with Crippen molar-refractivity contribution < 1.29 is 13.2 Å². The summed E-state index contributed by atoms with van der Waals surface area (Å²) >= 11 is 5.97. The van der Waals surface area contributed by atoms with E-state index in [9.17, 15) is 13.2 Å². The maximum absolute atomic E-state index is 13.0. The van der Waals surface area contributed by atoms with Gasteiger partial charge in [0.05, 0.1) is 11.6 Å². The van der Waals surface area contributed by atoms with Gasteiger partial charge in [-0.1, -0.05) is 29.8 Å². The minimum Gasteiger partial charge on any atom is -0.344 e. The number of hydrogen-bond acceptors (Lipinski definition) is 4. The maximum atomic E-state index is 13.0. The molecule has 3 aromatic rings. The first-order chi connectivity index (χ1) is 12.8. The molecule has 1 atom stereocenters. The predicted octanol–water partition coefficient (Wildman–Crippen LogP) is 3.27. The number of nitrogens with zero attached hydrogens (tertiary/aromatic N) is 2. The molecule has 140 valence electrons. The first kappa shape index (κ1) is 18.0. The lowest BCUT2D eigenvalue weighted by atomic mass is 10.0. The fraction of sp³-hybridized carbons (Fsp3) is 0.263. The van der Waals surface area contributed by atoms with Gasteiger partial charge in [-0.3, -0.25) is 9.20 Å². The highest BCUT2D eigenvalue weighted by atomic mass is 35.5. The van der Waals surface area contributed by atoms with Crippen LogP contribution in [-0.2, 0) is 9.84 Å². The Labute approximate surface area is 162 Å². The number of carbonyl (C=O) groups excluding carboxylic acids is 1. The number of nitrogens with one attached hydrogen (secondary N) is 1. The van der Waals surface area contributed by atoms with Gasteiger partial charge in [-0.05, 0) is 48.6 Å². The summed E-state index contributed by atoms with van der Waals surface area (Å²) in [7, 11) is -3.57. The summed E-state index contributed by atoms with van der Waals surface area (Å²) < 4.78 is 25.5. The second kappa shape index (κ2) is 6.65. The Morgan fingerprint density at radius 2 is 1.93 bits per heavy atom. The second-order valence-corrected chi connectivity index (χ2v) is 9.16. The highest BCUT2D eigenvalue weighted by molar-refractivity contribution is 7.90. The molecule has 0 unspecified atom stereocenters. The van der Waals surface area contributed by atoms with Gasteiger partial charge >= 0.3 is 0 Å². The Morgan fingerprint density at radius 1 is 1.22 bits per heavy atom. The number of imidazole rings is 1. The maximum Gasteiger partial charge on any atom is 0.272 e. The van der Waals surface area contributed by atoms with E-state index in [-0.39, 0.29) is 22.8 Å². The van der Waals surface area contributed by atoms with E-state index >= 15 is 0 Å². The van der Waals surface area contributed by atoms with Crippen LogP contribution in [0.3, 0.4) is 0 Å². The zero-order valence-electron chi connectivity index (χ0n) is 14.6. The Balaban J connectivity index is 1.71. The van der Waals surface area contributed by atoms with E-state index in [1.54, 1.807) is 36.5 Å². The topological polar surface area (TPSA) is 80.5 Å². The lowest BCUT2D eigenvalue weighted by molar-refractivity contribution is 0.0928. The molecule has 1 saturated carbocycles. The number of hydrogen-bond donors (Lipinski definition) is 1. The number of aromatic nitrogens is 2. The van der Waals surface area contributed by atoms with E-state index in [0.717, 1.165) is 24.7 Å². The van der Waals surface area contributed by atoms with E-state index in [2.05, 4.69) is 10.3 Å². The minimum atomic E-state index is -3.57. The number of halogens is 1. The molecule has 1 aliphatic rings. The summed E-state index contributed by atoms with van der Waals surface area (Å²) in [6, 6.07) is 12.4. The summed E-state index contributed by atoms with van der Waals surface area (Å²) in [6.45, 7) is 0. The normalized spacial score (nSPS) is 15.6.